The minimum absolute atomic E-state index is 0.0235. The SMILES string of the molecule is CC1(C2CC2)NC(=O)CCN(CCC2=CCCC2)C1=O. The van der Waals surface area contributed by atoms with Gasteiger partial charge >= 0.3 is 0 Å². The van der Waals surface area contributed by atoms with Crippen molar-refractivity contribution < 1.29 is 9.59 Å². The van der Waals surface area contributed by atoms with E-state index in [1.807, 2.05) is 11.8 Å². The van der Waals surface area contributed by atoms with E-state index >= 15 is 0 Å². The highest BCUT2D eigenvalue weighted by molar-refractivity contribution is 5.93. The highest BCUT2D eigenvalue weighted by Gasteiger charge is 2.50. The molecule has 4 nitrogen and oxygen atoms in total. The average Bonchev–Trinajstić information content (AvgIpc) is 3.17. The van der Waals surface area contributed by atoms with Gasteiger partial charge in [0.1, 0.15) is 5.54 Å². The Bertz CT molecular complexity index is 453. The van der Waals surface area contributed by atoms with Gasteiger partial charge in [0, 0.05) is 19.5 Å². The molecule has 0 aromatic heterocycles. The van der Waals surface area contributed by atoms with Crippen LogP contribution in [0, 0.1) is 5.92 Å². The lowest BCUT2D eigenvalue weighted by Crippen LogP contribution is -2.56. The van der Waals surface area contributed by atoms with Crippen molar-refractivity contribution in [2.45, 2.75) is 57.4 Å². The van der Waals surface area contributed by atoms with Crippen LogP contribution in [0.5, 0.6) is 0 Å². The van der Waals surface area contributed by atoms with Crippen LogP contribution in [0.2, 0.25) is 0 Å². The van der Waals surface area contributed by atoms with E-state index in [9.17, 15) is 9.59 Å². The molecular weight excluding hydrogens is 252 g/mol. The zero-order chi connectivity index (χ0) is 14.2. The second-order valence-electron chi connectivity index (χ2n) is 6.57. The molecule has 1 N–H and O–H groups in total. The third-order valence-electron chi connectivity index (χ3n) is 4.97. The maximum Gasteiger partial charge on any atom is 0.248 e. The molecule has 2 amide bonds. The van der Waals surface area contributed by atoms with Gasteiger partial charge in [-0.1, -0.05) is 11.6 Å². The van der Waals surface area contributed by atoms with Crippen LogP contribution >= 0.6 is 0 Å². The molecule has 0 bridgehead atoms. The van der Waals surface area contributed by atoms with Gasteiger partial charge in [-0.25, -0.2) is 0 Å². The zero-order valence-electron chi connectivity index (χ0n) is 12.3. The van der Waals surface area contributed by atoms with Crippen molar-refractivity contribution in [2.75, 3.05) is 13.1 Å². The molecule has 1 heterocycles. The molecule has 3 rings (SSSR count). The van der Waals surface area contributed by atoms with E-state index in [1.165, 1.54) is 24.8 Å². The van der Waals surface area contributed by atoms with Crippen molar-refractivity contribution in [2.24, 2.45) is 5.92 Å². The van der Waals surface area contributed by atoms with Crippen molar-refractivity contribution in [3.8, 4) is 0 Å². The van der Waals surface area contributed by atoms with E-state index in [-0.39, 0.29) is 11.8 Å². The molecule has 1 saturated heterocycles. The highest BCUT2D eigenvalue weighted by atomic mass is 16.2. The van der Waals surface area contributed by atoms with E-state index in [1.54, 1.807) is 0 Å². The van der Waals surface area contributed by atoms with E-state index in [0.717, 1.165) is 25.8 Å². The Kier molecular flexibility index (Phi) is 3.57. The minimum atomic E-state index is -0.655. The molecule has 2 aliphatic carbocycles. The molecule has 3 aliphatic rings. The summed E-state index contributed by atoms with van der Waals surface area (Å²) < 4.78 is 0. The molecule has 0 spiro atoms. The second kappa shape index (κ2) is 5.23. The summed E-state index contributed by atoms with van der Waals surface area (Å²) in [5.74, 6) is 0.491. The summed E-state index contributed by atoms with van der Waals surface area (Å²) in [5, 5.41) is 2.98. The van der Waals surface area contributed by atoms with Crippen LogP contribution in [-0.4, -0.2) is 35.3 Å². The van der Waals surface area contributed by atoms with Crippen molar-refractivity contribution in [3.05, 3.63) is 11.6 Å². The van der Waals surface area contributed by atoms with Crippen molar-refractivity contribution in [1.29, 1.82) is 0 Å². The summed E-state index contributed by atoms with van der Waals surface area (Å²) in [7, 11) is 0. The Morgan fingerprint density at radius 1 is 1.35 bits per heavy atom. The Labute approximate surface area is 120 Å². The largest absolute Gasteiger partial charge is 0.342 e. The Morgan fingerprint density at radius 2 is 2.15 bits per heavy atom. The first-order chi connectivity index (χ1) is 9.59. The van der Waals surface area contributed by atoms with Gasteiger partial charge in [0.15, 0.2) is 0 Å². The van der Waals surface area contributed by atoms with Gasteiger partial charge in [0.25, 0.3) is 0 Å². The van der Waals surface area contributed by atoms with Crippen LogP contribution in [0.1, 0.15) is 51.9 Å². The molecule has 0 radical (unpaired) electrons. The number of hydrogen-bond donors (Lipinski definition) is 1. The zero-order valence-corrected chi connectivity index (χ0v) is 12.3. The average molecular weight is 276 g/mol. The summed E-state index contributed by atoms with van der Waals surface area (Å²) in [4.78, 5) is 26.6. The predicted octanol–water partition coefficient (Wildman–Crippen LogP) is 2.00. The van der Waals surface area contributed by atoms with Crippen LogP contribution in [0.4, 0.5) is 0 Å². The van der Waals surface area contributed by atoms with Gasteiger partial charge in [-0.05, 0) is 51.4 Å². The van der Waals surface area contributed by atoms with E-state index in [0.29, 0.717) is 18.9 Å². The fourth-order valence-corrected chi connectivity index (χ4v) is 3.47. The maximum absolute atomic E-state index is 12.8. The number of rotatable bonds is 4. The van der Waals surface area contributed by atoms with Crippen molar-refractivity contribution in [1.82, 2.24) is 10.2 Å². The van der Waals surface area contributed by atoms with E-state index < -0.39 is 5.54 Å². The summed E-state index contributed by atoms with van der Waals surface area (Å²) in [6, 6.07) is 0. The molecule has 0 aromatic carbocycles. The molecule has 20 heavy (non-hydrogen) atoms. The summed E-state index contributed by atoms with van der Waals surface area (Å²) >= 11 is 0. The Hall–Kier alpha value is -1.32. The van der Waals surface area contributed by atoms with Crippen LogP contribution in [0.25, 0.3) is 0 Å². The van der Waals surface area contributed by atoms with E-state index in [4.69, 9.17) is 0 Å². The van der Waals surface area contributed by atoms with Gasteiger partial charge in [0.05, 0.1) is 0 Å². The van der Waals surface area contributed by atoms with Gasteiger partial charge in [-0.2, -0.15) is 0 Å². The lowest BCUT2D eigenvalue weighted by atomic mass is 9.94. The summed E-state index contributed by atoms with van der Waals surface area (Å²) in [6.45, 7) is 3.25. The van der Waals surface area contributed by atoms with Crippen LogP contribution in [0.15, 0.2) is 11.6 Å². The number of amides is 2. The molecule has 4 heteroatoms. The van der Waals surface area contributed by atoms with Gasteiger partial charge in [-0.3, -0.25) is 9.59 Å². The molecule has 1 aliphatic heterocycles. The van der Waals surface area contributed by atoms with Crippen LogP contribution in [0.3, 0.4) is 0 Å². The third kappa shape index (κ3) is 2.60. The minimum Gasteiger partial charge on any atom is -0.342 e. The van der Waals surface area contributed by atoms with Gasteiger partial charge in [-0.15, -0.1) is 0 Å². The molecular formula is C16H24N2O2. The van der Waals surface area contributed by atoms with Crippen molar-refractivity contribution in [3.63, 3.8) is 0 Å². The summed E-state index contributed by atoms with van der Waals surface area (Å²) in [6.07, 6.45) is 9.45. The Balaban J connectivity index is 1.69. The predicted molar refractivity (Wildman–Crippen MR) is 77.0 cm³/mol. The molecule has 2 fully saturated rings. The number of nitrogens with zero attached hydrogens (tertiary/aromatic N) is 1. The molecule has 110 valence electrons. The van der Waals surface area contributed by atoms with Gasteiger partial charge < -0.3 is 10.2 Å². The molecule has 1 unspecified atom stereocenters. The first-order valence-corrected chi connectivity index (χ1v) is 7.88. The van der Waals surface area contributed by atoms with Gasteiger partial charge in [0.2, 0.25) is 11.8 Å². The number of nitrogens with one attached hydrogen (secondary N) is 1. The first kappa shape index (κ1) is 13.7. The van der Waals surface area contributed by atoms with Crippen LogP contribution in [-0.2, 0) is 9.59 Å². The fraction of sp³-hybridized carbons (Fsp3) is 0.750. The maximum atomic E-state index is 12.8. The number of carbonyl (C=O) groups is 2. The van der Waals surface area contributed by atoms with Crippen LogP contribution < -0.4 is 5.32 Å². The number of allylic oxidation sites excluding steroid dienone is 1. The second-order valence-corrected chi connectivity index (χ2v) is 6.57. The fourth-order valence-electron chi connectivity index (χ4n) is 3.47. The quantitative estimate of drug-likeness (QED) is 0.798. The molecule has 1 saturated carbocycles. The lowest BCUT2D eigenvalue weighted by molar-refractivity contribution is -0.139. The third-order valence-corrected chi connectivity index (χ3v) is 4.97. The number of carbonyl (C=O) groups excluding carboxylic acids is 2. The topological polar surface area (TPSA) is 49.4 Å². The monoisotopic (exact) mass is 276 g/mol. The first-order valence-electron chi connectivity index (χ1n) is 7.88. The lowest BCUT2D eigenvalue weighted by Gasteiger charge is -2.32. The molecule has 0 aromatic rings. The number of hydrogen-bond acceptors (Lipinski definition) is 2. The Morgan fingerprint density at radius 3 is 2.80 bits per heavy atom. The normalized spacial score (nSPS) is 31.1. The highest BCUT2D eigenvalue weighted by Crippen LogP contribution is 2.41. The summed E-state index contributed by atoms with van der Waals surface area (Å²) in [5.41, 5.74) is 0.826. The standard InChI is InChI=1S/C16H24N2O2/c1-16(13-6-7-13)15(20)18(11-9-14(19)17-16)10-8-12-4-2-3-5-12/h4,13H,2-3,5-11H2,1H3,(H,17,19). The molecule has 1 atom stereocenters. The smallest absolute Gasteiger partial charge is 0.248 e. The van der Waals surface area contributed by atoms with E-state index in [2.05, 4.69) is 11.4 Å². The van der Waals surface area contributed by atoms with Crippen molar-refractivity contribution >= 4 is 11.8 Å².